The fraction of sp³-hybridized carbons (Fsp3) is 0.385. The van der Waals surface area contributed by atoms with Crippen molar-refractivity contribution in [2.45, 2.75) is 63.9 Å². The van der Waals surface area contributed by atoms with E-state index in [0.29, 0.717) is 12.1 Å². The molecule has 1 aliphatic carbocycles. The quantitative estimate of drug-likeness (QED) is 0.468. The molecule has 31 heavy (non-hydrogen) atoms. The second-order valence-corrected chi connectivity index (χ2v) is 8.32. The first kappa shape index (κ1) is 21.6. The molecule has 0 aliphatic heterocycles. The molecule has 162 valence electrons. The lowest BCUT2D eigenvalue weighted by atomic mass is 9.90. The molecule has 3 aromatic rings. The van der Waals surface area contributed by atoms with Crippen molar-refractivity contribution in [3.63, 3.8) is 0 Å². The van der Waals surface area contributed by atoms with E-state index < -0.39 is 0 Å². The zero-order chi connectivity index (χ0) is 21.1. The normalized spacial score (nSPS) is 18.7. The van der Waals surface area contributed by atoms with Crippen molar-refractivity contribution in [3.8, 4) is 0 Å². The summed E-state index contributed by atoms with van der Waals surface area (Å²) < 4.78 is 0. The SMILES string of the molecule is c1ccc(CNCc2ccc(CNC3CCCCC3NCc3ccccn3)cc2)nc1. The molecular formula is C26H33N5. The highest BCUT2D eigenvalue weighted by atomic mass is 15.0. The van der Waals surface area contributed by atoms with Gasteiger partial charge in [-0.05, 0) is 48.2 Å². The fourth-order valence-electron chi connectivity index (χ4n) is 4.22. The Morgan fingerprint density at radius 2 is 1.16 bits per heavy atom. The van der Waals surface area contributed by atoms with Crippen molar-refractivity contribution in [2.24, 2.45) is 0 Å². The van der Waals surface area contributed by atoms with Crippen LogP contribution in [0.4, 0.5) is 0 Å². The molecule has 5 heteroatoms. The first-order valence-corrected chi connectivity index (χ1v) is 11.4. The predicted molar refractivity (Wildman–Crippen MR) is 125 cm³/mol. The molecular weight excluding hydrogens is 382 g/mol. The van der Waals surface area contributed by atoms with Gasteiger partial charge in [0.05, 0.1) is 11.4 Å². The third-order valence-corrected chi connectivity index (χ3v) is 5.99. The van der Waals surface area contributed by atoms with Gasteiger partial charge in [0.25, 0.3) is 0 Å². The van der Waals surface area contributed by atoms with Gasteiger partial charge >= 0.3 is 0 Å². The van der Waals surface area contributed by atoms with Gasteiger partial charge < -0.3 is 16.0 Å². The molecule has 3 N–H and O–H groups in total. The molecule has 2 aromatic heterocycles. The molecule has 0 bridgehead atoms. The van der Waals surface area contributed by atoms with Crippen LogP contribution in [-0.2, 0) is 26.2 Å². The van der Waals surface area contributed by atoms with Crippen LogP contribution in [0.5, 0.6) is 0 Å². The Bertz CT molecular complexity index is 883. The summed E-state index contributed by atoms with van der Waals surface area (Å²) in [6, 6.07) is 22.1. The highest BCUT2D eigenvalue weighted by Gasteiger charge is 2.24. The summed E-state index contributed by atoms with van der Waals surface area (Å²) in [4.78, 5) is 8.79. The Labute approximate surface area is 185 Å². The van der Waals surface area contributed by atoms with Crippen LogP contribution in [-0.4, -0.2) is 22.1 Å². The predicted octanol–water partition coefficient (Wildman–Crippen LogP) is 3.96. The first-order valence-electron chi connectivity index (χ1n) is 11.4. The monoisotopic (exact) mass is 415 g/mol. The average molecular weight is 416 g/mol. The lowest BCUT2D eigenvalue weighted by Gasteiger charge is -2.33. The lowest BCUT2D eigenvalue weighted by molar-refractivity contribution is 0.280. The van der Waals surface area contributed by atoms with Crippen LogP contribution in [0.1, 0.15) is 48.2 Å². The number of nitrogens with one attached hydrogen (secondary N) is 3. The van der Waals surface area contributed by atoms with Crippen molar-refractivity contribution in [1.82, 2.24) is 25.9 Å². The summed E-state index contributed by atoms with van der Waals surface area (Å²) in [5, 5.41) is 11.0. The molecule has 1 aliphatic rings. The van der Waals surface area contributed by atoms with Crippen molar-refractivity contribution < 1.29 is 0 Å². The number of hydrogen-bond donors (Lipinski definition) is 3. The first-order chi connectivity index (χ1) is 15.4. The fourth-order valence-corrected chi connectivity index (χ4v) is 4.22. The van der Waals surface area contributed by atoms with Crippen molar-refractivity contribution in [3.05, 3.63) is 95.6 Å². The molecule has 2 atom stereocenters. The summed E-state index contributed by atoms with van der Waals surface area (Å²) in [5.74, 6) is 0. The lowest BCUT2D eigenvalue weighted by Crippen LogP contribution is -2.49. The smallest absolute Gasteiger partial charge is 0.0541 e. The molecule has 2 heterocycles. The van der Waals surface area contributed by atoms with E-state index in [9.17, 15) is 0 Å². The van der Waals surface area contributed by atoms with Gasteiger partial charge in [0, 0.05) is 50.7 Å². The number of nitrogens with zero attached hydrogens (tertiary/aromatic N) is 2. The molecule has 5 nitrogen and oxygen atoms in total. The highest BCUT2D eigenvalue weighted by molar-refractivity contribution is 5.22. The minimum Gasteiger partial charge on any atom is -0.308 e. The molecule has 4 rings (SSSR count). The van der Waals surface area contributed by atoms with E-state index in [1.54, 1.807) is 0 Å². The highest BCUT2D eigenvalue weighted by Crippen LogP contribution is 2.19. The molecule has 0 amide bonds. The van der Waals surface area contributed by atoms with E-state index >= 15 is 0 Å². The molecule has 2 unspecified atom stereocenters. The second-order valence-electron chi connectivity index (χ2n) is 8.32. The van der Waals surface area contributed by atoms with Crippen LogP contribution >= 0.6 is 0 Å². The Morgan fingerprint density at radius 1 is 0.613 bits per heavy atom. The Morgan fingerprint density at radius 3 is 1.74 bits per heavy atom. The van der Waals surface area contributed by atoms with Gasteiger partial charge in [0.2, 0.25) is 0 Å². The molecule has 1 aromatic carbocycles. The number of hydrogen-bond acceptors (Lipinski definition) is 5. The van der Waals surface area contributed by atoms with Gasteiger partial charge in [-0.25, -0.2) is 0 Å². The minimum atomic E-state index is 0.505. The largest absolute Gasteiger partial charge is 0.308 e. The summed E-state index contributed by atoms with van der Waals surface area (Å²) in [6.45, 7) is 3.39. The topological polar surface area (TPSA) is 61.9 Å². The van der Waals surface area contributed by atoms with E-state index in [0.717, 1.165) is 37.6 Å². The number of benzene rings is 1. The van der Waals surface area contributed by atoms with E-state index in [1.165, 1.54) is 36.8 Å². The van der Waals surface area contributed by atoms with Crippen LogP contribution in [0.3, 0.4) is 0 Å². The molecule has 0 radical (unpaired) electrons. The third-order valence-electron chi connectivity index (χ3n) is 5.99. The summed E-state index contributed by atoms with van der Waals surface area (Å²) in [6.07, 6.45) is 8.77. The summed E-state index contributed by atoms with van der Waals surface area (Å²) >= 11 is 0. The summed E-state index contributed by atoms with van der Waals surface area (Å²) in [5.41, 5.74) is 4.82. The molecule has 0 saturated heterocycles. The number of pyridine rings is 2. The Hall–Kier alpha value is -2.60. The van der Waals surface area contributed by atoms with Crippen molar-refractivity contribution >= 4 is 0 Å². The van der Waals surface area contributed by atoms with Crippen molar-refractivity contribution in [1.29, 1.82) is 0 Å². The van der Waals surface area contributed by atoms with Gasteiger partial charge in [0.1, 0.15) is 0 Å². The molecule has 1 saturated carbocycles. The van der Waals surface area contributed by atoms with E-state index in [2.05, 4.69) is 62.3 Å². The summed E-state index contributed by atoms with van der Waals surface area (Å²) in [7, 11) is 0. The van der Waals surface area contributed by atoms with E-state index in [-0.39, 0.29) is 0 Å². The van der Waals surface area contributed by atoms with Gasteiger partial charge in [-0.3, -0.25) is 9.97 Å². The maximum Gasteiger partial charge on any atom is 0.0541 e. The molecule has 0 spiro atoms. The van der Waals surface area contributed by atoms with Crippen LogP contribution < -0.4 is 16.0 Å². The Balaban J connectivity index is 1.21. The zero-order valence-electron chi connectivity index (χ0n) is 18.1. The third kappa shape index (κ3) is 6.96. The average Bonchev–Trinajstić information content (AvgIpc) is 2.84. The van der Waals surface area contributed by atoms with Gasteiger partial charge in [-0.15, -0.1) is 0 Å². The number of aromatic nitrogens is 2. The van der Waals surface area contributed by atoms with Gasteiger partial charge in [-0.1, -0.05) is 49.2 Å². The maximum absolute atomic E-state index is 4.44. The van der Waals surface area contributed by atoms with Crippen molar-refractivity contribution in [2.75, 3.05) is 0 Å². The van der Waals surface area contributed by atoms with Crippen LogP contribution in [0.15, 0.2) is 73.1 Å². The maximum atomic E-state index is 4.44. The second kappa shape index (κ2) is 11.7. The zero-order valence-corrected chi connectivity index (χ0v) is 18.1. The van der Waals surface area contributed by atoms with Gasteiger partial charge in [0.15, 0.2) is 0 Å². The van der Waals surface area contributed by atoms with E-state index in [4.69, 9.17) is 0 Å². The minimum absolute atomic E-state index is 0.505. The van der Waals surface area contributed by atoms with Gasteiger partial charge in [-0.2, -0.15) is 0 Å². The number of rotatable bonds is 10. The van der Waals surface area contributed by atoms with Crippen LogP contribution in [0.2, 0.25) is 0 Å². The Kier molecular flexibility index (Phi) is 8.16. The molecule has 1 fully saturated rings. The van der Waals surface area contributed by atoms with Crippen LogP contribution in [0.25, 0.3) is 0 Å². The van der Waals surface area contributed by atoms with E-state index in [1.807, 2.05) is 36.7 Å². The van der Waals surface area contributed by atoms with Crippen LogP contribution in [0, 0.1) is 0 Å². The standard InChI is InChI=1S/C26H33N5/c1-2-10-26(31-20-24-8-4-6-16-29-24)25(9-1)30-18-22-13-11-21(12-14-22)17-27-19-23-7-3-5-15-28-23/h3-8,11-16,25-27,30-31H,1-2,9-10,17-20H2.